The minimum absolute atomic E-state index is 0.0701. The van der Waals surface area contributed by atoms with E-state index >= 15 is 0 Å². The van der Waals surface area contributed by atoms with Crippen LogP contribution < -0.4 is 10.1 Å². The predicted molar refractivity (Wildman–Crippen MR) is 116 cm³/mol. The van der Waals surface area contributed by atoms with Gasteiger partial charge >= 0.3 is 0 Å². The number of carbonyl (C=O) groups excluding carboxylic acids is 1. The van der Waals surface area contributed by atoms with Gasteiger partial charge in [-0.1, -0.05) is 41.6 Å². The quantitative estimate of drug-likeness (QED) is 0.553. The van der Waals surface area contributed by atoms with E-state index in [9.17, 15) is 4.79 Å². The summed E-state index contributed by atoms with van der Waals surface area (Å²) in [6.07, 6.45) is 0. The van der Waals surface area contributed by atoms with E-state index in [2.05, 4.69) is 28.5 Å². The van der Waals surface area contributed by atoms with Crippen LogP contribution in [0.4, 0.5) is 5.69 Å². The number of nitrogens with one attached hydrogen (secondary N) is 1. The van der Waals surface area contributed by atoms with Gasteiger partial charge in [-0.25, -0.2) is 0 Å². The smallest absolute Gasteiger partial charge is 0.234 e. The van der Waals surface area contributed by atoms with Gasteiger partial charge in [0, 0.05) is 12.2 Å². The summed E-state index contributed by atoms with van der Waals surface area (Å²) in [7, 11) is 0. The molecule has 0 atom stereocenters. The van der Waals surface area contributed by atoms with Crippen molar-refractivity contribution >= 4 is 23.4 Å². The molecule has 0 unspecified atom stereocenters. The summed E-state index contributed by atoms with van der Waals surface area (Å²) in [5, 5.41) is 12.1. The van der Waals surface area contributed by atoms with E-state index in [4.69, 9.17) is 4.74 Å². The number of carbonyl (C=O) groups is 1. The Balaban J connectivity index is 1.59. The van der Waals surface area contributed by atoms with Gasteiger partial charge in [-0.3, -0.25) is 4.79 Å². The molecule has 7 heteroatoms. The number of amides is 1. The summed E-state index contributed by atoms with van der Waals surface area (Å²) >= 11 is 1.37. The van der Waals surface area contributed by atoms with Gasteiger partial charge < -0.3 is 14.6 Å². The predicted octanol–water partition coefficient (Wildman–Crippen LogP) is 4.53. The fourth-order valence-electron chi connectivity index (χ4n) is 3.00. The lowest BCUT2D eigenvalue weighted by atomic mass is 10.1. The van der Waals surface area contributed by atoms with Crippen LogP contribution in [-0.4, -0.2) is 26.4 Å². The van der Waals surface area contributed by atoms with Gasteiger partial charge in [0.05, 0.1) is 5.75 Å². The molecular formula is C22H26N4O2S. The van der Waals surface area contributed by atoms with Gasteiger partial charge in [-0.05, 0) is 57.0 Å². The maximum Gasteiger partial charge on any atom is 0.234 e. The molecule has 0 aliphatic heterocycles. The summed E-state index contributed by atoms with van der Waals surface area (Å²) in [6, 6.07) is 13.8. The van der Waals surface area contributed by atoms with Crippen molar-refractivity contribution in [3.8, 4) is 5.75 Å². The van der Waals surface area contributed by atoms with Crippen LogP contribution >= 0.6 is 11.8 Å². The van der Waals surface area contributed by atoms with E-state index in [0.29, 0.717) is 18.3 Å². The van der Waals surface area contributed by atoms with Gasteiger partial charge in [0.2, 0.25) is 5.91 Å². The van der Waals surface area contributed by atoms with Crippen LogP contribution in [-0.2, 0) is 17.9 Å². The molecule has 0 aliphatic rings. The molecule has 0 saturated carbocycles. The zero-order valence-electron chi connectivity index (χ0n) is 17.2. The number of nitrogens with zero attached hydrogens (tertiary/aromatic N) is 3. The van der Waals surface area contributed by atoms with E-state index in [1.165, 1.54) is 17.3 Å². The van der Waals surface area contributed by atoms with E-state index in [1.807, 2.05) is 61.7 Å². The zero-order chi connectivity index (χ0) is 20.8. The molecule has 3 rings (SSSR count). The van der Waals surface area contributed by atoms with E-state index in [0.717, 1.165) is 28.4 Å². The summed E-state index contributed by atoms with van der Waals surface area (Å²) in [4.78, 5) is 12.3. The first-order valence-corrected chi connectivity index (χ1v) is 10.6. The number of hydrogen-bond acceptors (Lipinski definition) is 5. The Labute approximate surface area is 175 Å². The van der Waals surface area contributed by atoms with E-state index < -0.39 is 0 Å². The molecular weight excluding hydrogens is 384 g/mol. The highest BCUT2D eigenvalue weighted by Gasteiger charge is 2.14. The van der Waals surface area contributed by atoms with Crippen LogP contribution in [0.15, 0.2) is 47.6 Å². The van der Waals surface area contributed by atoms with Gasteiger partial charge in [0.1, 0.15) is 12.4 Å². The monoisotopic (exact) mass is 410 g/mol. The Morgan fingerprint density at radius 1 is 1.10 bits per heavy atom. The average Bonchev–Trinajstić information content (AvgIpc) is 3.07. The van der Waals surface area contributed by atoms with Crippen LogP contribution in [0.1, 0.15) is 29.4 Å². The molecule has 0 fully saturated rings. The molecule has 0 aliphatic carbocycles. The molecule has 0 spiro atoms. The largest absolute Gasteiger partial charge is 0.485 e. The van der Waals surface area contributed by atoms with Crippen LogP contribution in [0.25, 0.3) is 0 Å². The lowest BCUT2D eigenvalue weighted by Gasteiger charge is -2.11. The number of hydrogen-bond donors (Lipinski definition) is 1. The molecule has 0 saturated heterocycles. The van der Waals surface area contributed by atoms with E-state index in [-0.39, 0.29) is 11.7 Å². The Morgan fingerprint density at radius 2 is 1.90 bits per heavy atom. The van der Waals surface area contributed by atoms with Crippen molar-refractivity contribution in [3.63, 3.8) is 0 Å². The number of rotatable bonds is 8. The maximum atomic E-state index is 12.3. The van der Waals surface area contributed by atoms with Crippen molar-refractivity contribution in [1.29, 1.82) is 0 Å². The van der Waals surface area contributed by atoms with Crippen molar-refractivity contribution in [2.75, 3.05) is 11.1 Å². The number of ether oxygens (including phenoxy) is 1. The Morgan fingerprint density at radius 3 is 2.62 bits per heavy atom. The Bertz CT molecular complexity index is 1000. The van der Waals surface area contributed by atoms with Gasteiger partial charge in [0.25, 0.3) is 0 Å². The van der Waals surface area contributed by atoms with Crippen molar-refractivity contribution in [1.82, 2.24) is 14.8 Å². The normalized spacial score (nSPS) is 10.8. The van der Waals surface area contributed by atoms with Crippen LogP contribution in [0.2, 0.25) is 0 Å². The molecule has 0 bridgehead atoms. The number of aromatic nitrogens is 3. The molecule has 0 radical (unpaired) electrons. The Kier molecular flexibility index (Phi) is 6.93. The first kappa shape index (κ1) is 20.9. The van der Waals surface area contributed by atoms with Crippen molar-refractivity contribution in [3.05, 3.63) is 65.0 Å². The van der Waals surface area contributed by atoms with Crippen molar-refractivity contribution in [2.24, 2.45) is 0 Å². The summed E-state index contributed by atoms with van der Waals surface area (Å²) in [6.45, 7) is 9.15. The molecule has 152 valence electrons. The summed E-state index contributed by atoms with van der Waals surface area (Å²) in [5.74, 6) is 1.78. The lowest BCUT2D eigenvalue weighted by molar-refractivity contribution is -0.113. The highest BCUT2D eigenvalue weighted by Crippen LogP contribution is 2.22. The lowest BCUT2D eigenvalue weighted by Crippen LogP contribution is -2.15. The van der Waals surface area contributed by atoms with Gasteiger partial charge in [-0.15, -0.1) is 10.2 Å². The second-order valence-electron chi connectivity index (χ2n) is 6.91. The zero-order valence-corrected chi connectivity index (χ0v) is 18.0. The fourth-order valence-corrected chi connectivity index (χ4v) is 3.83. The average molecular weight is 411 g/mol. The summed E-state index contributed by atoms with van der Waals surface area (Å²) < 4.78 is 7.92. The summed E-state index contributed by atoms with van der Waals surface area (Å²) in [5.41, 5.74) is 4.20. The molecule has 1 N–H and O–H groups in total. The maximum absolute atomic E-state index is 12.3. The highest BCUT2D eigenvalue weighted by molar-refractivity contribution is 7.99. The first-order chi connectivity index (χ1) is 14.0. The molecule has 6 nitrogen and oxygen atoms in total. The van der Waals surface area contributed by atoms with Crippen LogP contribution in [0.3, 0.4) is 0 Å². The molecule has 1 heterocycles. The van der Waals surface area contributed by atoms with Crippen LogP contribution in [0.5, 0.6) is 5.75 Å². The minimum atomic E-state index is -0.0701. The third-order valence-corrected chi connectivity index (χ3v) is 5.40. The third kappa shape index (κ3) is 5.60. The third-order valence-electron chi connectivity index (χ3n) is 4.43. The van der Waals surface area contributed by atoms with Gasteiger partial charge in [0.15, 0.2) is 11.0 Å². The van der Waals surface area contributed by atoms with Crippen LogP contribution in [0, 0.1) is 20.8 Å². The van der Waals surface area contributed by atoms with Crippen molar-refractivity contribution < 1.29 is 9.53 Å². The SMILES string of the molecule is CCn1c(COc2ccc(C)cc2C)nnc1SCC(=O)Nc1cccc(C)c1. The highest BCUT2D eigenvalue weighted by atomic mass is 32.2. The standard InChI is InChI=1S/C22H26N4O2S/c1-5-26-20(13-28-19-10-9-16(3)11-17(19)4)24-25-22(26)29-14-21(27)23-18-8-6-7-15(2)12-18/h6-12H,5,13-14H2,1-4H3,(H,23,27). The minimum Gasteiger partial charge on any atom is -0.485 e. The molecule has 1 aromatic heterocycles. The molecule has 2 aromatic carbocycles. The Hall–Kier alpha value is -2.80. The molecule has 29 heavy (non-hydrogen) atoms. The van der Waals surface area contributed by atoms with Crippen molar-refractivity contribution in [2.45, 2.75) is 46.0 Å². The fraction of sp³-hybridized carbons (Fsp3) is 0.318. The number of anilines is 1. The first-order valence-electron chi connectivity index (χ1n) is 9.57. The second kappa shape index (κ2) is 9.60. The molecule has 3 aromatic rings. The topological polar surface area (TPSA) is 69.0 Å². The molecule has 1 amide bonds. The van der Waals surface area contributed by atoms with E-state index in [1.54, 1.807) is 0 Å². The number of aryl methyl sites for hydroxylation is 3. The number of benzene rings is 2. The number of thioether (sulfide) groups is 1. The van der Waals surface area contributed by atoms with Gasteiger partial charge in [-0.2, -0.15) is 0 Å². The second-order valence-corrected chi connectivity index (χ2v) is 7.85.